The molecule has 0 spiro atoms. The fourth-order valence-corrected chi connectivity index (χ4v) is 1.85. The Morgan fingerprint density at radius 3 is 2.81 bits per heavy atom. The van der Waals surface area contributed by atoms with Gasteiger partial charge in [0.15, 0.2) is 0 Å². The average molecular weight is 288 g/mol. The second-order valence-electron chi connectivity index (χ2n) is 5.12. The number of amides is 1. The Morgan fingerprint density at radius 1 is 1.43 bits per heavy atom. The minimum absolute atomic E-state index is 0.207. The molecule has 0 radical (unpaired) electrons. The lowest BCUT2D eigenvalue weighted by Crippen LogP contribution is -2.23. The minimum atomic E-state index is -0.220. The zero-order valence-corrected chi connectivity index (χ0v) is 12.5. The Hall–Kier alpha value is -2.37. The molecule has 6 heteroatoms. The number of nitrogens with two attached hydrogens (primary N) is 1. The van der Waals surface area contributed by atoms with Gasteiger partial charge < -0.3 is 15.5 Å². The van der Waals surface area contributed by atoms with Crippen molar-refractivity contribution in [2.45, 2.75) is 39.7 Å². The molecule has 2 rings (SSSR count). The number of aryl methyl sites for hydroxylation is 1. The first-order valence-corrected chi connectivity index (χ1v) is 6.98. The molecule has 0 saturated heterocycles. The first-order chi connectivity index (χ1) is 9.99. The summed E-state index contributed by atoms with van der Waals surface area (Å²) in [5.74, 6) is 1.62. The van der Waals surface area contributed by atoms with Gasteiger partial charge in [-0.2, -0.15) is 0 Å². The van der Waals surface area contributed by atoms with E-state index in [2.05, 4.69) is 15.3 Å². The summed E-state index contributed by atoms with van der Waals surface area (Å²) in [7, 11) is 0. The number of nitrogens with zero attached hydrogens (tertiary/aromatic N) is 2. The molecule has 0 unspecified atom stereocenters. The number of carbonyl (C=O) groups is 1. The second-order valence-corrected chi connectivity index (χ2v) is 5.12. The van der Waals surface area contributed by atoms with Crippen molar-refractivity contribution in [2.24, 2.45) is 0 Å². The Kier molecular flexibility index (Phi) is 4.57. The molecule has 0 aliphatic heterocycles. The number of hydrogen-bond acceptors (Lipinski definition) is 5. The number of nitrogen functional groups attached to an aromatic ring is 1. The number of pyridine rings is 1. The van der Waals surface area contributed by atoms with Gasteiger partial charge in [0.25, 0.3) is 5.91 Å². The third kappa shape index (κ3) is 3.81. The standard InChI is InChI=1S/C15H20N4O2/c1-4-11-7-17-14(21-11)8-18-15(20)10-5-12(9(2)3)19-13(16)6-10/h5-7,9H,4,8H2,1-3H3,(H2,16,19)(H,18,20). The molecule has 2 heterocycles. The molecule has 2 aromatic heterocycles. The summed E-state index contributed by atoms with van der Waals surface area (Å²) in [6.07, 6.45) is 2.45. The summed E-state index contributed by atoms with van der Waals surface area (Å²) in [6.45, 7) is 6.24. The van der Waals surface area contributed by atoms with Crippen LogP contribution in [0.25, 0.3) is 0 Å². The molecule has 0 aromatic carbocycles. The zero-order chi connectivity index (χ0) is 15.4. The van der Waals surface area contributed by atoms with E-state index in [4.69, 9.17) is 10.2 Å². The van der Waals surface area contributed by atoms with Crippen LogP contribution in [-0.4, -0.2) is 15.9 Å². The van der Waals surface area contributed by atoms with Crippen LogP contribution >= 0.6 is 0 Å². The third-order valence-corrected chi connectivity index (χ3v) is 3.07. The average Bonchev–Trinajstić information content (AvgIpc) is 2.92. The fraction of sp³-hybridized carbons (Fsp3) is 0.400. The van der Waals surface area contributed by atoms with Gasteiger partial charge in [-0.3, -0.25) is 4.79 Å². The number of anilines is 1. The van der Waals surface area contributed by atoms with Crippen LogP contribution in [0.3, 0.4) is 0 Å². The topological polar surface area (TPSA) is 94.0 Å². The summed E-state index contributed by atoms with van der Waals surface area (Å²) < 4.78 is 5.44. The van der Waals surface area contributed by atoms with E-state index in [-0.39, 0.29) is 18.4 Å². The minimum Gasteiger partial charge on any atom is -0.444 e. The Bertz CT molecular complexity index is 634. The van der Waals surface area contributed by atoms with Gasteiger partial charge in [-0.15, -0.1) is 0 Å². The van der Waals surface area contributed by atoms with E-state index < -0.39 is 0 Å². The third-order valence-electron chi connectivity index (χ3n) is 3.07. The molecule has 6 nitrogen and oxygen atoms in total. The number of aromatic nitrogens is 2. The highest BCUT2D eigenvalue weighted by Crippen LogP contribution is 2.16. The Labute approximate surface area is 123 Å². The molecule has 0 saturated carbocycles. The van der Waals surface area contributed by atoms with E-state index in [0.29, 0.717) is 17.3 Å². The van der Waals surface area contributed by atoms with E-state index in [1.54, 1.807) is 18.3 Å². The summed E-state index contributed by atoms with van der Waals surface area (Å²) in [5.41, 5.74) is 7.03. The van der Waals surface area contributed by atoms with Gasteiger partial charge in [-0.25, -0.2) is 9.97 Å². The van der Waals surface area contributed by atoms with Crippen LogP contribution in [0, 0.1) is 0 Å². The van der Waals surface area contributed by atoms with Crippen molar-refractivity contribution in [1.29, 1.82) is 0 Å². The molecule has 0 aliphatic rings. The predicted octanol–water partition coefficient (Wildman–Crippen LogP) is 2.27. The first kappa shape index (κ1) is 15.0. The second kappa shape index (κ2) is 6.39. The lowest BCUT2D eigenvalue weighted by atomic mass is 10.1. The quantitative estimate of drug-likeness (QED) is 0.880. The molecule has 0 aliphatic carbocycles. The maximum atomic E-state index is 12.2. The fourth-order valence-electron chi connectivity index (χ4n) is 1.85. The number of nitrogens with one attached hydrogen (secondary N) is 1. The van der Waals surface area contributed by atoms with Crippen LogP contribution in [0.5, 0.6) is 0 Å². The van der Waals surface area contributed by atoms with Gasteiger partial charge in [0.2, 0.25) is 5.89 Å². The first-order valence-electron chi connectivity index (χ1n) is 6.98. The van der Waals surface area contributed by atoms with Crippen molar-refractivity contribution in [3.8, 4) is 0 Å². The molecule has 112 valence electrons. The zero-order valence-electron chi connectivity index (χ0n) is 12.5. The maximum Gasteiger partial charge on any atom is 0.251 e. The van der Waals surface area contributed by atoms with Crippen LogP contribution in [0.2, 0.25) is 0 Å². The van der Waals surface area contributed by atoms with Gasteiger partial charge >= 0.3 is 0 Å². The highest BCUT2D eigenvalue weighted by molar-refractivity contribution is 5.94. The monoisotopic (exact) mass is 288 g/mol. The summed E-state index contributed by atoms with van der Waals surface area (Å²) in [4.78, 5) is 20.5. The lowest BCUT2D eigenvalue weighted by molar-refractivity contribution is 0.0947. The summed E-state index contributed by atoms with van der Waals surface area (Å²) in [5, 5.41) is 2.77. The van der Waals surface area contributed by atoms with Gasteiger partial charge in [0.05, 0.1) is 12.7 Å². The van der Waals surface area contributed by atoms with Gasteiger partial charge in [0, 0.05) is 17.7 Å². The number of oxazole rings is 1. The largest absolute Gasteiger partial charge is 0.444 e. The van der Waals surface area contributed by atoms with Gasteiger partial charge in [0.1, 0.15) is 11.6 Å². The van der Waals surface area contributed by atoms with Crippen LogP contribution in [-0.2, 0) is 13.0 Å². The molecular formula is C15H20N4O2. The van der Waals surface area contributed by atoms with Crippen molar-refractivity contribution in [1.82, 2.24) is 15.3 Å². The van der Waals surface area contributed by atoms with E-state index in [0.717, 1.165) is 17.9 Å². The van der Waals surface area contributed by atoms with E-state index in [1.807, 2.05) is 20.8 Å². The van der Waals surface area contributed by atoms with Gasteiger partial charge in [-0.05, 0) is 18.1 Å². The molecule has 21 heavy (non-hydrogen) atoms. The molecule has 0 fully saturated rings. The molecule has 0 atom stereocenters. The normalized spacial score (nSPS) is 10.9. The SMILES string of the molecule is CCc1cnc(CNC(=O)c2cc(N)nc(C(C)C)c2)o1. The van der Waals surface area contributed by atoms with E-state index in [9.17, 15) is 4.79 Å². The summed E-state index contributed by atoms with van der Waals surface area (Å²) >= 11 is 0. The van der Waals surface area contributed by atoms with Crippen molar-refractivity contribution < 1.29 is 9.21 Å². The number of hydrogen-bond donors (Lipinski definition) is 2. The van der Waals surface area contributed by atoms with Gasteiger partial charge in [-0.1, -0.05) is 20.8 Å². The van der Waals surface area contributed by atoms with Crippen molar-refractivity contribution in [3.63, 3.8) is 0 Å². The molecular weight excluding hydrogens is 268 g/mol. The van der Waals surface area contributed by atoms with Crippen LogP contribution in [0.4, 0.5) is 5.82 Å². The van der Waals surface area contributed by atoms with Crippen LogP contribution in [0.1, 0.15) is 54.4 Å². The highest BCUT2D eigenvalue weighted by Gasteiger charge is 2.12. The van der Waals surface area contributed by atoms with Crippen molar-refractivity contribution >= 4 is 11.7 Å². The van der Waals surface area contributed by atoms with Crippen molar-refractivity contribution in [3.05, 3.63) is 41.2 Å². The van der Waals surface area contributed by atoms with Crippen LogP contribution in [0.15, 0.2) is 22.7 Å². The lowest BCUT2D eigenvalue weighted by Gasteiger charge is -2.09. The van der Waals surface area contributed by atoms with Crippen molar-refractivity contribution in [2.75, 3.05) is 5.73 Å². The molecule has 1 amide bonds. The Morgan fingerprint density at radius 2 is 2.19 bits per heavy atom. The number of rotatable bonds is 5. The number of carbonyl (C=O) groups excluding carboxylic acids is 1. The highest BCUT2D eigenvalue weighted by atomic mass is 16.4. The maximum absolute atomic E-state index is 12.2. The predicted molar refractivity (Wildman–Crippen MR) is 79.8 cm³/mol. The smallest absolute Gasteiger partial charge is 0.251 e. The summed E-state index contributed by atoms with van der Waals surface area (Å²) in [6, 6.07) is 3.32. The molecule has 3 N–H and O–H groups in total. The molecule has 2 aromatic rings. The van der Waals surface area contributed by atoms with Crippen LogP contribution < -0.4 is 11.1 Å². The van der Waals surface area contributed by atoms with E-state index >= 15 is 0 Å². The van der Waals surface area contributed by atoms with E-state index in [1.165, 1.54) is 0 Å². The molecule has 0 bridgehead atoms. The Balaban J connectivity index is 2.06.